The average molecular weight is 422 g/mol. The van der Waals surface area contributed by atoms with Crippen LogP contribution < -0.4 is 10.6 Å². The van der Waals surface area contributed by atoms with Gasteiger partial charge in [-0.05, 0) is 50.6 Å². The van der Waals surface area contributed by atoms with Gasteiger partial charge in [0.2, 0.25) is 0 Å². The number of aromatic nitrogens is 2. The van der Waals surface area contributed by atoms with Crippen molar-refractivity contribution in [2.75, 3.05) is 5.32 Å². The van der Waals surface area contributed by atoms with E-state index in [1.807, 2.05) is 61.9 Å². The topological polar surface area (TPSA) is 105 Å². The maximum absolute atomic E-state index is 12.4. The van der Waals surface area contributed by atoms with Crippen LogP contribution in [0.5, 0.6) is 0 Å². The number of carbonyl (C=O) groups excluding carboxylic acids is 1. The van der Waals surface area contributed by atoms with Crippen molar-refractivity contribution in [2.45, 2.75) is 38.8 Å². The van der Waals surface area contributed by atoms with Gasteiger partial charge >= 0.3 is 12.2 Å². The maximum atomic E-state index is 12.4. The number of rotatable bonds is 6. The number of hydrogen-bond donors (Lipinski definition) is 3. The van der Waals surface area contributed by atoms with Crippen LogP contribution in [0, 0.1) is 0 Å². The lowest BCUT2D eigenvalue weighted by molar-refractivity contribution is 0.0503. The molecule has 0 saturated heterocycles. The highest BCUT2D eigenvalue weighted by Gasteiger charge is 2.22. The van der Waals surface area contributed by atoms with Crippen molar-refractivity contribution in [1.82, 2.24) is 14.9 Å². The van der Waals surface area contributed by atoms with Crippen LogP contribution in [0.4, 0.5) is 15.3 Å². The lowest BCUT2D eigenvalue weighted by Crippen LogP contribution is -2.36. The molecule has 0 aliphatic carbocycles. The van der Waals surface area contributed by atoms with Crippen LogP contribution in [0.25, 0.3) is 5.69 Å². The third-order valence-electron chi connectivity index (χ3n) is 4.39. The fourth-order valence-electron chi connectivity index (χ4n) is 3.12. The van der Waals surface area contributed by atoms with E-state index in [0.29, 0.717) is 12.1 Å². The van der Waals surface area contributed by atoms with Crippen molar-refractivity contribution in [3.63, 3.8) is 0 Å². The van der Waals surface area contributed by atoms with Gasteiger partial charge in [0.05, 0.1) is 6.04 Å². The summed E-state index contributed by atoms with van der Waals surface area (Å²) in [7, 11) is 0. The SMILES string of the molecule is CC(C)(C)OC(=O)NC(Cc1nccn1-c1ccc(NC(=O)O)cc1)c1ccccc1. The van der Waals surface area contributed by atoms with E-state index < -0.39 is 17.8 Å². The number of hydrogen-bond acceptors (Lipinski definition) is 4. The minimum Gasteiger partial charge on any atom is -0.465 e. The molecule has 1 aromatic heterocycles. The van der Waals surface area contributed by atoms with E-state index in [1.165, 1.54) is 0 Å². The Bertz CT molecular complexity index is 1020. The molecule has 0 aliphatic heterocycles. The van der Waals surface area contributed by atoms with E-state index in [-0.39, 0.29) is 6.04 Å². The van der Waals surface area contributed by atoms with Gasteiger partial charge in [0.15, 0.2) is 0 Å². The highest BCUT2D eigenvalue weighted by Crippen LogP contribution is 2.22. The van der Waals surface area contributed by atoms with Crippen LogP contribution in [0.1, 0.15) is 38.2 Å². The van der Waals surface area contributed by atoms with Crippen molar-refractivity contribution in [3.8, 4) is 5.69 Å². The second-order valence-corrected chi connectivity index (χ2v) is 8.00. The van der Waals surface area contributed by atoms with E-state index >= 15 is 0 Å². The van der Waals surface area contributed by atoms with Gasteiger partial charge in [-0.1, -0.05) is 30.3 Å². The molecule has 0 bridgehead atoms. The summed E-state index contributed by atoms with van der Waals surface area (Å²) in [4.78, 5) is 27.7. The quantitative estimate of drug-likeness (QED) is 0.531. The Kier molecular flexibility index (Phi) is 6.59. The molecular weight excluding hydrogens is 396 g/mol. The third-order valence-corrected chi connectivity index (χ3v) is 4.39. The fraction of sp³-hybridized carbons (Fsp3) is 0.261. The molecule has 1 unspecified atom stereocenters. The molecule has 31 heavy (non-hydrogen) atoms. The summed E-state index contributed by atoms with van der Waals surface area (Å²) in [6.07, 6.45) is 2.34. The van der Waals surface area contributed by atoms with E-state index in [0.717, 1.165) is 17.1 Å². The zero-order valence-electron chi connectivity index (χ0n) is 17.7. The summed E-state index contributed by atoms with van der Waals surface area (Å²) in [6, 6.07) is 16.3. The molecule has 3 aromatic rings. The van der Waals surface area contributed by atoms with Crippen molar-refractivity contribution in [1.29, 1.82) is 0 Å². The van der Waals surface area contributed by atoms with Gasteiger partial charge in [-0.25, -0.2) is 14.6 Å². The number of imidazole rings is 1. The highest BCUT2D eigenvalue weighted by molar-refractivity contribution is 5.82. The molecule has 0 fully saturated rings. The highest BCUT2D eigenvalue weighted by atomic mass is 16.6. The van der Waals surface area contributed by atoms with Gasteiger partial charge in [-0.2, -0.15) is 0 Å². The van der Waals surface area contributed by atoms with Crippen LogP contribution in [-0.2, 0) is 11.2 Å². The molecule has 2 aromatic carbocycles. The Morgan fingerprint density at radius 2 is 1.77 bits per heavy atom. The molecule has 3 rings (SSSR count). The largest absolute Gasteiger partial charge is 0.465 e. The minimum absolute atomic E-state index is 0.342. The number of carboxylic acid groups (broad SMARTS) is 1. The summed E-state index contributed by atoms with van der Waals surface area (Å²) < 4.78 is 7.34. The molecule has 3 N–H and O–H groups in total. The molecule has 1 heterocycles. The van der Waals surface area contributed by atoms with Gasteiger partial charge < -0.3 is 19.7 Å². The first kappa shape index (κ1) is 21.9. The second kappa shape index (κ2) is 9.34. The first-order chi connectivity index (χ1) is 14.7. The lowest BCUT2D eigenvalue weighted by Gasteiger charge is -2.24. The van der Waals surface area contributed by atoms with Crippen LogP contribution >= 0.6 is 0 Å². The Morgan fingerprint density at radius 3 is 2.39 bits per heavy atom. The Morgan fingerprint density at radius 1 is 1.10 bits per heavy atom. The monoisotopic (exact) mass is 422 g/mol. The van der Waals surface area contributed by atoms with Crippen LogP contribution in [0.2, 0.25) is 0 Å². The predicted molar refractivity (Wildman–Crippen MR) is 117 cm³/mol. The van der Waals surface area contributed by atoms with E-state index in [2.05, 4.69) is 15.6 Å². The average Bonchev–Trinajstić information content (AvgIpc) is 3.15. The number of anilines is 1. The minimum atomic E-state index is -1.12. The Labute approximate surface area is 180 Å². The number of nitrogens with zero attached hydrogens (tertiary/aromatic N) is 2. The number of ether oxygens (including phenoxy) is 1. The molecule has 8 heteroatoms. The molecular formula is C23H26N4O4. The third kappa shape index (κ3) is 6.33. The Hall–Kier alpha value is -3.81. The van der Waals surface area contributed by atoms with E-state index in [4.69, 9.17) is 9.84 Å². The van der Waals surface area contributed by atoms with Gasteiger partial charge in [-0.15, -0.1) is 0 Å². The first-order valence-electron chi connectivity index (χ1n) is 9.88. The number of amides is 2. The standard InChI is InChI=1S/C23H26N4O4/c1-23(2,3)31-22(30)26-19(16-7-5-4-6-8-16)15-20-24-13-14-27(20)18-11-9-17(10-12-18)25-21(28)29/h4-14,19,25H,15H2,1-3H3,(H,26,30)(H,28,29). The molecule has 0 radical (unpaired) electrons. The van der Waals surface area contributed by atoms with E-state index in [1.54, 1.807) is 30.5 Å². The molecule has 0 aliphatic rings. The van der Waals surface area contributed by atoms with Crippen LogP contribution in [-0.4, -0.2) is 32.4 Å². The maximum Gasteiger partial charge on any atom is 0.409 e. The zero-order valence-corrected chi connectivity index (χ0v) is 17.7. The summed E-state index contributed by atoms with van der Waals surface area (Å²) in [5, 5.41) is 14.1. The lowest BCUT2D eigenvalue weighted by atomic mass is 10.0. The molecule has 2 amide bonds. The van der Waals surface area contributed by atoms with Crippen molar-refractivity contribution in [3.05, 3.63) is 78.4 Å². The van der Waals surface area contributed by atoms with Crippen LogP contribution in [0.3, 0.4) is 0 Å². The molecule has 1 atom stereocenters. The number of carbonyl (C=O) groups is 2. The van der Waals surface area contributed by atoms with Gasteiger partial charge in [0, 0.05) is 30.2 Å². The summed E-state index contributed by atoms with van der Waals surface area (Å²) >= 11 is 0. The summed E-state index contributed by atoms with van der Waals surface area (Å²) in [6.45, 7) is 5.46. The normalized spacial score (nSPS) is 12.1. The summed E-state index contributed by atoms with van der Waals surface area (Å²) in [5.74, 6) is 0.740. The molecule has 0 saturated carbocycles. The predicted octanol–water partition coefficient (Wildman–Crippen LogP) is 4.77. The smallest absolute Gasteiger partial charge is 0.409 e. The van der Waals surface area contributed by atoms with E-state index in [9.17, 15) is 9.59 Å². The van der Waals surface area contributed by atoms with Crippen LogP contribution in [0.15, 0.2) is 67.0 Å². The van der Waals surface area contributed by atoms with Gasteiger partial charge in [0.25, 0.3) is 0 Å². The van der Waals surface area contributed by atoms with Gasteiger partial charge in [0.1, 0.15) is 11.4 Å². The van der Waals surface area contributed by atoms with Crippen molar-refractivity contribution >= 4 is 17.9 Å². The number of nitrogens with one attached hydrogen (secondary N) is 2. The Balaban J connectivity index is 1.83. The molecule has 162 valence electrons. The fourth-order valence-corrected chi connectivity index (χ4v) is 3.12. The zero-order chi connectivity index (χ0) is 22.4. The molecule has 8 nitrogen and oxygen atoms in total. The molecule has 0 spiro atoms. The van der Waals surface area contributed by atoms with Crippen molar-refractivity contribution < 1.29 is 19.4 Å². The number of alkyl carbamates (subject to hydrolysis) is 1. The number of benzene rings is 2. The van der Waals surface area contributed by atoms with Crippen molar-refractivity contribution in [2.24, 2.45) is 0 Å². The van der Waals surface area contributed by atoms with Gasteiger partial charge in [-0.3, -0.25) is 5.32 Å². The first-order valence-corrected chi connectivity index (χ1v) is 9.88. The summed E-state index contributed by atoms with van der Waals surface area (Å²) in [5.41, 5.74) is 1.64. The second-order valence-electron chi connectivity index (χ2n) is 8.00.